The molecule has 15 heteroatoms. The summed E-state index contributed by atoms with van der Waals surface area (Å²) in [6, 6.07) is 28.1. The van der Waals surface area contributed by atoms with E-state index < -0.39 is 93.8 Å². The summed E-state index contributed by atoms with van der Waals surface area (Å²) < 4.78 is 158. The molecule has 6 aromatic carbocycles. The van der Waals surface area contributed by atoms with E-state index in [2.05, 4.69) is 0 Å². The molecule has 0 bridgehead atoms. The summed E-state index contributed by atoms with van der Waals surface area (Å²) in [5.74, 6) is -25.5. The van der Waals surface area contributed by atoms with Gasteiger partial charge in [0.2, 0.25) is 0 Å². The van der Waals surface area contributed by atoms with Crippen LogP contribution in [-0.2, 0) is 5.41 Å². The van der Waals surface area contributed by atoms with E-state index in [-0.39, 0.29) is 17.1 Å². The summed E-state index contributed by atoms with van der Waals surface area (Å²) in [6.45, 7) is 0.695. The SMILES string of the molecule is CN(C)[B][P+](c1ccccc1)(c1ccccc1)c1cccc2c1Oc1c([B-](c3c(F)c(F)c(F)c(F)c3F)c3c(F)c(F)c(F)c(F)c3F)cccc1C2(C)C. The first-order chi connectivity index (χ1) is 26.5. The van der Waals surface area contributed by atoms with Crippen molar-refractivity contribution in [3.63, 3.8) is 0 Å². The lowest BCUT2D eigenvalue weighted by Crippen LogP contribution is -2.59. The van der Waals surface area contributed by atoms with Gasteiger partial charge in [0.25, 0.3) is 0 Å². The minimum Gasteiger partial charge on any atom is -0.456 e. The summed E-state index contributed by atoms with van der Waals surface area (Å²) in [7, 11) is 2.81. The smallest absolute Gasteiger partial charge is 0.456 e. The van der Waals surface area contributed by atoms with Gasteiger partial charge in [-0.25, -0.2) is 43.9 Å². The number of benzene rings is 6. The Bertz CT molecular complexity index is 2350. The molecule has 0 N–H and O–H groups in total. The minimum absolute atomic E-state index is 0.199. The Morgan fingerprint density at radius 2 is 0.893 bits per heavy atom. The van der Waals surface area contributed by atoms with Gasteiger partial charge in [0.05, 0.1) is 23.5 Å². The highest BCUT2D eigenvalue weighted by Gasteiger charge is 2.52. The standard InChI is InChI=1S/C41H28B2F10NOP/c1-41(2)23-17-11-19-25(43(27-29(44)33(48)37(52)34(49)30(27)45)28-31(46)35(50)38(53)36(51)32(28)47)39(23)55-40-24(41)18-12-20-26(40)56(42-54(3)4,21-13-7-5-8-14-21)22-15-9-6-10-16-22/h5-20H,1-4H3. The van der Waals surface area contributed by atoms with Crippen molar-refractivity contribution in [2.24, 2.45) is 0 Å². The topological polar surface area (TPSA) is 12.5 Å². The lowest BCUT2D eigenvalue weighted by Gasteiger charge is -2.41. The van der Waals surface area contributed by atoms with Crippen molar-refractivity contribution < 1.29 is 48.6 Å². The van der Waals surface area contributed by atoms with E-state index in [0.29, 0.717) is 10.9 Å². The number of nitrogens with zero attached hydrogens (tertiary/aromatic N) is 1. The van der Waals surface area contributed by atoms with E-state index in [1.165, 1.54) is 12.1 Å². The van der Waals surface area contributed by atoms with E-state index in [4.69, 9.17) is 4.74 Å². The molecule has 0 aromatic heterocycles. The number of rotatable bonds is 8. The average molecular weight is 793 g/mol. The minimum atomic E-state index is -2.91. The van der Waals surface area contributed by atoms with Gasteiger partial charge in [0.15, 0.2) is 40.7 Å². The van der Waals surface area contributed by atoms with E-state index >= 15 is 17.6 Å². The Labute approximate surface area is 317 Å². The summed E-state index contributed by atoms with van der Waals surface area (Å²) >= 11 is 0. The van der Waals surface area contributed by atoms with E-state index in [0.717, 1.165) is 16.7 Å². The Kier molecular flexibility index (Phi) is 10.1. The zero-order valence-electron chi connectivity index (χ0n) is 30.0. The number of fused-ring (bicyclic) bond motifs is 2. The molecule has 7 rings (SSSR count). The van der Waals surface area contributed by atoms with Crippen LogP contribution in [-0.4, -0.2) is 32.8 Å². The third kappa shape index (κ3) is 5.91. The maximum absolute atomic E-state index is 15.8. The van der Waals surface area contributed by atoms with E-state index in [9.17, 15) is 26.3 Å². The fourth-order valence-corrected chi connectivity index (χ4v) is 11.6. The van der Waals surface area contributed by atoms with Crippen LogP contribution in [0.1, 0.15) is 25.0 Å². The van der Waals surface area contributed by atoms with Crippen molar-refractivity contribution in [1.82, 2.24) is 4.81 Å². The van der Waals surface area contributed by atoms with Crippen LogP contribution in [0.4, 0.5) is 43.9 Å². The van der Waals surface area contributed by atoms with Gasteiger partial charge < -0.3 is 9.55 Å². The van der Waals surface area contributed by atoms with Crippen LogP contribution >= 0.6 is 7.14 Å². The van der Waals surface area contributed by atoms with Crippen molar-refractivity contribution in [2.45, 2.75) is 19.3 Å². The van der Waals surface area contributed by atoms with Crippen LogP contribution in [0, 0.1) is 58.2 Å². The third-order valence-electron chi connectivity index (χ3n) is 10.1. The van der Waals surface area contributed by atoms with Crippen molar-refractivity contribution in [3.8, 4) is 11.5 Å². The van der Waals surface area contributed by atoms with Gasteiger partial charge >= 0.3 is 7.13 Å². The van der Waals surface area contributed by atoms with Gasteiger partial charge in [-0.3, -0.25) is 0 Å². The molecule has 0 unspecified atom stereocenters. The molecule has 1 heterocycles. The largest absolute Gasteiger partial charge is 0.478 e. The maximum atomic E-state index is 15.8. The molecule has 0 saturated carbocycles. The second-order valence-electron chi connectivity index (χ2n) is 14.0. The molecule has 1 aliphatic rings. The fourth-order valence-electron chi connectivity index (χ4n) is 7.54. The van der Waals surface area contributed by atoms with Crippen LogP contribution in [0.2, 0.25) is 0 Å². The molecule has 0 aliphatic carbocycles. The quantitative estimate of drug-likeness (QED) is 0.0524. The van der Waals surface area contributed by atoms with E-state index in [1.807, 2.05) is 98.8 Å². The Hall–Kier alpha value is -5.06. The zero-order chi connectivity index (χ0) is 40.4. The molecule has 284 valence electrons. The first-order valence-electron chi connectivity index (χ1n) is 17.1. The van der Waals surface area contributed by atoms with Crippen LogP contribution in [0.25, 0.3) is 0 Å². The highest BCUT2D eigenvalue weighted by molar-refractivity contribution is 8.16. The fraction of sp³-hybridized carbons (Fsp3) is 0.122. The molecule has 1 aliphatic heterocycles. The van der Waals surface area contributed by atoms with Gasteiger partial charge in [-0.15, -0.1) is 0 Å². The molecule has 2 radical (unpaired) electrons. The number of hydrogen-bond acceptors (Lipinski definition) is 2. The second kappa shape index (κ2) is 14.5. The van der Waals surface area contributed by atoms with Crippen molar-refractivity contribution in [3.05, 3.63) is 166 Å². The Morgan fingerprint density at radius 3 is 1.32 bits per heavy atom. The monoisotopic (exact) mass is 793 g/mol. The molecule has 0 amide bonds. The van der Waals surface area contributed by atoms with Gasteiger partial charge in [0, 0.05) is 16.5 Å². The molecular formula is C41H28B2F10NOP. The van der Waals surface area contributed by atoms with Crippen molar-refractivity contribution in [2.75, 3.05) is 14.1 Å². The number of ether oxygens (including phenoxy) is 1. The first kappa shape index (κ1) is 39.2. The van der Waals surface area contributed by atoms with Crippen LogP contribution < -0.4 is 37.0 Å². The molecule has 2 nitrogen and oxygen atoms in total. The van der Waals surface area contributed by atoms with Crippen LogP contribution in [0.15, 0.2) is 97.1 Å². The van der Waals surface area contributed by atoms with Gasteiger partial charge in [0.1, 0.15) is 28.6 Å². The van der Waals surface area contributed by atoms with Gasteiger partial charge in [-0.2, -0.15) is 16.4 Å². The highest BCUT2D eigenvalue weighted by Crippen LogP contribution is 2.59. The summed E-state index contributed by atoms with van der Waals surface area (Å²) in [6.07, 6.45) is 0. The molecule has 0 saturated heterocycles. The van der Waals surface area contributed by atoms with E-state index in [1.54, 1.807) is 19.9 Å². The highest BCUT2D eigenvalue weighted by atomic mass is 31.2. The van der Waals surface area contributed by atoms with Crippen molar-refractivity contribution in [1.29, 1.82) is 0 Å². The Balaban J connectivity index is 1.60. The van der Waals surface area contributed by atoms with Crippen molar-refractivity contribution >= 4 is 53.3 Å². The predicted octanol–water partition coefficient (Wildman–Crippen LogP) is 7.42. The summed E-state index contributed by atoms with van der Waals surface area (Å²) in [4.78, 5) is 1.88. The van der Waals surface area contributed by atoms with Crippen LogP contribution in [0.5, 0.6) is 11.5 Å². The average Bonchev–Trinajstić information content (AvgIpc) is 3.19. The predicted molar refractivity (Wildman–Crippen MR) is 200 cm³/mol. The molecule has 6 aromatic rings. The molecule has 0 atom stereocenters. The van der Waals surface area contributed by atoms with Gasteiger partial charge in [-0.1, -0.05) is 80.6 Å². The Morgan fingerprint density at radius 1 is 0.500 bits per heavy atom. The second-order valence-corrected chi connectivity index (χ2v) is 17.2. The lowest BCUT2D eigenvalue weighted by molar-refractivity contribution is 0.382. The normalized spacial score (nSPS) is 13.4. The third-order valence-corrected chi connectivity index (χ3v) is 14.2. The molecule has 0 fully saturated rings. The molecular weight excluding hydrogens is 765 g/mol. The summed E-state index contributed by atoms with van der Waals surface area (Å²) in [5.41, 5.74) is -4.65. The molecule has 56 heavy (non-hydrogen) atoms. The number of halogens is 10. The zero-order valence-corrected chi connectivity index (χ0v) is 30.9. The first-order valence-corrected chi connectivity index (χ1v) is 18.9. The summed E-state index contributed by atoms with van der Waals surface area (Å²) in [5, 5.41) is 2.35. The number of para-hydroxylation sites is 2. The lowest BCUT2D eigenvalue weighted by atomic mass is 9.35. The number of hydrogen-bond donors (Lipinski definition) is 0. The van der Waals surface area contributed by atoms with Crippen LogP contribution in [0.3, 0.4) is 0 Å². The molecule has 0 spiro atoms. The van der Waals surface area contributed by atoms with Gasteiger partial charge in [-0.05, 0) is 51.1 Å². The maximum Gasteiger partial charge on any atom is 0.478 e.